The molecule has 2 aromatic rings. The molecule has 1 aliphatic rings. The molecule has 3 rings (SSSR count). The summed E-state index contributed by atoms with van der Waals surface area (Å²) >= 11 is 11.9. The third kappa shape index (κ3) is 5.59. The van der Waals surface area contributed by atoms with Crippen molar-refractivity contribution < 1.29 is 14.6 Å². The second-order valence-corrected chi connectivity index (χ2v) is 7.34. The number of piperazine rings is 1. The molecule has 1 unspecified atom stereocenters. The van der Waals surface area contributed by atoms with Gasteiger partial charge < -0.3 is 14.7 Å². The Morgan fingerprint density at radius 1 is 1.04 bits per heavy atom. The van der Waals surface area contributed by atoms with Crippen LogP contribution in [0, 0.1) is 0 Å². The molecular formula is C20H22Cl2N2O3. The highest BCUT2D eigenvalue weighted by Gasteiger charge is 2.23. The van der Waals surface area contributed by atoms with Crippen LogP contribution in [0.5, 0.6) is 5.75 Å². The van der Waals surface area contributed by atoms with Crippen molar-refractivity contribution >= 4 is 29.1 Å². The normalized spacial score (nSPS) is 16.2. The molecule has 1 saturated heterocycles. The van der Waals surface area contributed by atoms with E-state index in [1.807, 2.05) is 17.0 Å². The summed E-state index contributed by atoms with van der Waals surface area (Å²) in [6.45, 7) is 3.34. The number of carbonyl (C=O) groups excluding carboxylic acids is 1. The van der Waals surface area contributed by atoms with Gasteiger partial charge in [-0.15, -0.1) is 0 Å². The maximum atomic E-state index is 12.5. The second-order valence-electron chi connectivity index (χ2n) is 6.49. The smallest absolute Gasteiger partial charge is 0.253 e. The van der Waals surface area contributed by atoms with Gasteiger partial charge in [-0.3, -0.25) is 9.69 Å². The molecule has 27 heavy (non-hydrogen) atoms. The zero-order valence-electron chi connectivity index (χ0n) is 14.9. The Hall–Kier alpha value is -1.79. The van der Waals surface area contributed by atoms with Crippen LogP contribution in [0.25, 0.3) is 0 Å². The Labute approximate surface area is 169 Å². The molecule has 1 amide bonds. The number of para-hydroxylation sites is 1. The first-order valence-corrected chi connectivity index (χ1v) is 9.61. The molecule has 1 atom stereocenters. The molecule has 0 spiro atoms. The maximum Gasteiger partial charge on any atom is 0.253 e. The van der Waals surface area contributed by atoms with Crippen LogP contribution in [0.4, 0.5) is 0 Å². The monoisotopic (exact) mass is 408 g/mol. The van der Waals surface area contributed by atoms with Gasteiger partial charge in [0.25, 0.3) is 5.91 Å². The van der Waals surface area contributed by atoms with E-state index in [9.17, 15) is 9.90 Å². The number of amides is 1. The van der Waals surface area contributed by atoms with Crippen LogP contribution >= 0.6 is 23.2 Å². The summed E-state index contributed by atoms with van der Waals surface area (Å²) in [6, 6.07) is 14.1. The first-order valence-electron chi connectivity index (χ1n) is 8.85. The number of hydrogen-bond donors (Lipinski definition) is 1. The van der Waals surface area contributed by atoms with Crippen LogP contribution in [0.1, 0.15) is 10.4 Å². The van der Waals surface area contributed by atoms with Gasteiger partial charge in [0.05, 0.1) is 5.02 Å². The number of ether oxygens (including phenoxy) is 1. The maximum absolute atomic E-state index is 12.5. The number of hydrogen-bond acceptors (Lipinski definition) is 4. The minimum Gasteiger partial charge on any atom is -0.489 e. The predicted octanol–water partition coefficient (Wildman–Crippen LogP) is 3.19. The van der Waals surface area contributed by atoms with Crippen molar-refractivity contribution in [3.05, 3.63) is 64.1 Å². The zero-order chi connectivity index (χ0) is 19.2. The average molecular weight is 409 g/mol. The first kappa shape index (κ1) is 20.0. The van der Waals surface area contributed by atoms with E-state index < -0.39 is 6.10 Å². The molecule has 1 aliphatic heterocycles. The molecule has 0 bridgehead atoms. The summed E-state index contributed by atoms with van der Waals surface area (Å²) in [4.78, 5) is 16.5. The fourth-order valence-electron chi connectivity index (χ4n) is 3.01. The lowest BCUT2D eigenvalue weighted by Crippen LogP contribution is -2.50. The van der Waals surface area contributed by atoms with Crippen LogP contribution in [-0.2, 0) is 0 Å². The highest BCUT2D eigenvalue weighted by molar-refractivity contribution is 6.32. The number of benzene rings is 2. The minimum absolute atomic E-state index is 0.00826. The lowest BCUT2D eigenvalue weighted by Gasteiger charge is -2.35. The van der Waals surface area contributed by atoms with Crippen molar-refractivity contribution in [1.29, 1.82) is 0 Å². The number of β-amino-alcohol motifs (C(OH)–C–C–N with tert-alkyl or cyclic N) is 1. The van der Waals surface area contributed by atoms with Crippen LogP contribution < -0.4 is 4.74 Å². The molecule has 5 nitrogen and oxygen atoms in total. The molecule has 0 aromatic heterocycles. The largest absolute Gasteiger partial charge is 0.489 e. The van der Waals surface area contributed by atoms with E-state index in [2.05, 4.69) is 4.90 Å². The van der Waals surface area contributed by atoms with Crippen LogP contribution in [-0.4, -0.2) is 66.2 Å². The number of halogens is 2. The topological polar surface area (TPSA) is 53.0 Å². The summed E-state index contributed by atoms with van der Waals surface area (Å²) in [6.07, 6.45) is -0.625. The Bertz CT molecular complexity index is 762. The van der Waals surface area contributed by atoms with Gasteiger partial charge in [0.1, 0.15) is 18.5 Å². The molecule has 1 N–H and O–H groups in total. The third-order valence-corrected chi connectivity index (χ3v) is 5.05. The first-order chi connectivity index (χ1) is 13.0. The zero-order valence-corrected chi connectivity index (χ0v) is 16.4. The van der Waals surface area contributed by atoms with Gasteiger partial charge in [0, 0.05) is 43.3 Å². The SMILES string of the molecule is O=C(c1ccc(Cl)cc1)N1CCN(CC(O)COc2ccccc2Cl)CC1. The standard InChI is InChI=1S/C20H22Cl2N2O3/c21-16-7-5-15(6-8-16)20(26)24-11-9-23(10-12-24)13-17(25)14-27-19-4-2-1-3-18(19)22/h1-8,17,25H,9-14H2. The van der Waals surface area contributed by atoms with Crippen LogP contribution in [0.15, 0.2) is 48.5 Å². The summed E-state index contributed by atoms with van der Waals surface area (Å²) in [5.74, 6) is 0.575. The molecule has 7 heteroatoms. The number of aliphatic hydroxyl groups is 1. The van der Waals surface area contributed by atoms with Crippen molar-refractivity contribution in [2.45, 2.75) is 6.10 Å². The van der Waals surface area contributed by atoms with Crippen molar-refractivity contribution in [3.63, 3.8) is 0 Å². The van der Waals surface area contributed by atoms with Gasteiger partial charge in [-0.05, 0) is 36.4 Å². The van der Waals surface area contributed by atoms with Crippen molar-refractivity contribution in [1.82, 2.24) is 9.80 Å². The molecule has 1 fully saturated rings. The van der Waals surface area contributed by atoms with E-state index in [1.165, 1.54) is 0 Å². The molecular weight excluding hydrogens is 387 g/mol. The minimum atomic E-state index is -0.625. The molecule has 0 saturated carbocycles. The summed E-state index contributed by atoms with van der Waals surface area (Å²) in [5, 5.41) is 11.4. The van der Waals surface area contributed by atoms with E-state index >= 15 is 0 Å². The fourth-order valence-corrected chi connectivity index (χ4v) is 3.32. The summed E-state index contributed by atoms with van der Waals surface area (Å²) in [5.41, 5.74) is 0.640. The van der Waals surface area contributed by atoms with Gasteiger partial charge in [0.2, 0.25) is 0 Å². The van der Waals surface area contributed by atoms with E-state index in [0.717, 1.165) is 0 Å². The van der Waals surface area contributed by atoms with E-state index in [-0.39, 0.29) is 12.5 Å². The number of carbonyl (C=O) groups is 1. The van der Waals surface area contributed by atoms with E-state index in [1.54, 1.807) is 36.4 Å². The summed E-state index contributed by atoms with van der Waals surface area (Å²) < 4.78 is 5.58. The second kappa shape index (κ2) is 9.42. The summed E-state index contributed by atoms with van der Waals surface area (Å²) in [7, 11) is 0. The lowest BCUT2D eigenvalue weighted by atomic mass is 10.2. The Morgan fingerprint density at radius 2 is 1.70 bits per heavy atom. The highest BCUT2D eigenvalue weighted by Crippen LogP contribution is 2.23. The Morgan fingerprint density at radius 3 is 2.37 bits per heavy atom. The van der Waals surface area contributed by atoms with Gasteiger partial charge >= 0.3 is 0 Å². The molecule has 2 aromatic carbocycles. The quantitative estimate of drug-likeness (QED) is 0.797. The lowest BCUT2D eigenvalue weighted by molar-refractivity contribution is 0.0404. The van der Waals surface area contributed by atoms with Gasteiger partial charge in [-0.1, -0.05) is 35.3 Å². The van der Waals surface area contributed by atoms with E-state index in [4.69, 9.17) is 27.9 Å². The Balaban J connectivity index is 1.43. The van der Waals surface area contributed by atoms with Crippen molar-refractivity contribution in [2.24, 2.45) is 0 Å². The number of rotatable bonds is 6. The predicted molar refractivity (Wildman–Crippen MR) is 107 cm³/mol. The van der Waals surface area contributed by atoms with Gasteiger partial charge in [-0.2, -0.15) is 0 Å². The number of aliphatic hydroxyl groups excluding tert-OH is 1. The van der Waals surface area contributed by atoms with Gasteiger partial charge in [-0.25, -0.2) is 0 Å². The third-order valence-electron chi connectivity index (χ3n) is 4.49. The van der Waals surface area contributed by atoms with Gasteiger partial charge in [0.15, 0.2) is 0 Å². The number of nitrogens with zero attached hydrogens (tertiary/aromatic N) is 2. The average Bonchev–Trinajstić information content (AvgIpc) is 2.68. The Kier molecular flexibility index (Phi) is 6.96. The van der Waals surface area contributed by atoms with Crippen molar-refractivity contribution in [3.8, 4) is 5.75 Å². The molecule has 0 aliphatic carbocycles. The van der Waals surface area contributed by atoms with Crippen molar-refractivity contribution in [2.75, 3.05) is 39.3 Å². The van der Waals surface area contributed by atoms with E-state index in [0.29, 0.717) is 54.1 Å². The van der Waals surface area contributed by atoms with Crippen LogP contribution in [0.2, 0.25) is 10.0 Å². The fraction of sp³-hybridized carbons (Fsp3) is 0.350. The molecule has 144 valence electrons. The molecule has 0 radical (unpaired) electrons. The highest BCUT2D eigenvalue weighted by atomic mass is 35.5. The molecule has 1 heterocycles. The van der Waals surface area contributed by atoms with Crippen LogP contribution in [0.3, 0.4) is 0 Å².